The second-order valence-corrected chi connectivity index (χ2v) is 7.27. The highest BCUT2D eigenvalue weighted by atomic mass is 16.5. The van der Waals surface area contributed by atoms with Gasteiger partial charge in [-0.05, 0) is 62.1 Å². The third kappa shape index (κ3) is 5.07. The lowest BCUT2D eigenvalue weighted by atomic mass is 10.1. The molecule has 1 fully saturated rings. The maximum Gasteiger partial charge on any atom is 0.262 e. The van der Waals surface area contributed by atoms with Crippen LogP contribution < -0.4 is 10.1 Å². The molecule has 6 heteroatoms. The van der Waals surface area contributed by atoms with Crippen LogP contribution in [0.2, 0.25) is 0 Å². The molecule has 3 rings (SSSR count). The standard InChI is InChI=1S/C23H27N3O3/c1-16-11-19(17(2)26(16)15-22-5-4-10-29-22)12-20(13-24)23(27)25-14-18-6-8-21(28-3)9-7-18/h6-9,11-12,22H,4-5,10,14-15H2,1-3H3,(H,25,27)/b20-12+/t22-/m1/s1. The Balaban J connectivity index is 1.69. The Morgan fingerprint density at radius 2 is 2.14 bits per heavy atom. The van der Waals surface area contributed by atoms with Crippen LogP contribution in [0, 0.1) is 25.2 Å². The Hall–Kier alpha value is -3.04. The average molecular weight is 393 g/mol. The van der Waals surface area contributed by atoms with Crippen LogP contribution in [0.25, 0.3) is 6.08 Å². The highest BCUT2D eigenvalue weighted by Gasteiger charge is 2.19. The van der Waals surface area contributed by atoms with Gasteiger partial charge in [-0.25, -0.2) is 0 Å². The Labute approximate surface area is 171 Å². The van der Waals surface area contributed by atoms with Crippen molar-refractivity contribution in [3.05, 3.63) is 58.4 Å². The fourth-order valence-electron chi connectivity index (χ4n) is 3.57. The lowest BCUT2D eigenvalue weighted by Gasteiger charge is -2.14. The van der Waals surface area contributed by atoms with Crippen LogP contribution in [-0.2, 0) is 22.6 Å². The molecule has 152 valence electrons. The Morgan fingerprint density at radius 1 is 1.38 bits per heavy atom. The first-order valence-electron chi connectivity index (χ1n) is 9.83. The van der Waals surface area contributed by atoms with E-state index in [0.29, 0.717) is 6.54 Å². The molecule has 2 aromatic rings. The number of aryl methyl sites for hydroxylation is 1. The molecule has 1 aliphatic rings. The molecular weight excluding hydrogens is 366 g/mol. The molecule has 1 aromatic heterocycles. The Kier molecular flexibility index (Phi) is 6.73. The maximum atomic E-state index is 12.5. The SMILES string of the molecule is COc1ccc(CNC(=O)/C(C#N)=C/c2cc(C)n(C[C@H]3CCCO3)c2C)cc1. The molecule has 0 radical (unpaired) electrons. The van der Waals surface area contributed by atoms with E-state index in [1.54, 1.807) is 13.2 Å². The molecule has 1 aliphatic heterocycles. The first-order chi connectivity index (χ1) is 14.0. The van der Waals surface area contributed by atoms with Crippen LogP contribution in [-0.4, -0.2) is 30.3 Å². The summed E-state index contributed by atoms with van der Waals surface area (Å²) in [7, 11) is 1.61. The molecule has 0 unspecified atom stereocenters. The summed E-state index contributed by atoms with van der Waals surface area (Å²) >= 11 is 0. The van der Waals surface area contributed by atoms with E-state index >= 15 is 0 Å². The summed E-state index contributed by atoms with van der Waals surface area (Å²) in [4.78, 5) is 12.5. The van der Waals surface area contributed by atoms with Crippen molar-refractivity contribution < 1.29 is 14.3 Å². The van der Waals surface area contributed by atoms with Crippen molar-refractivity contribution in [2.75, 3.05) is 13.7 Å². The zero-order valence-corrected chi connectivity index (χ0v) is 17.2. The molecule has 1 atom stereocenters. The average Bonchev–Trinajstić information content (AvgIpc) is 3.34. The van der Waals surface area contributed by atoms with Crippen molar-refractivity contribution in [1.82, 2.24) is 9.88 Å². The van der Waals surface area contributed by atoms with Crippen molar-refractivity contribution in [3.8, 4) is 11.8 Å². The van der Waals surface area contributed by atoms with Crippen LogP contribution in [0.15, 0.2) is 35.9 Å². The summed E-state index contributed by atoms with van der Waals surface area (Å²) < 4.78 is 13.1. The lowest BCUT2D eigenvalue weighted by molar-refractivity contribution is -0.117. The van der Waals surface area contributed by atoms with Crippen molar-refractivity contribution in [2.24, 2.45) is 0 Å². The summed E-state index contributed by atoms with van der Waals surface area (Å²) in [6, 6.07) is 11.5. The topological polar surface area (TPSA) is 76.3 Å². The number of rotatable bonds is 7. The molecule has 29 heavy (non-hydrogen) atoms. The van der Waals surface area contributed by atoms with Gasteiger partial charge in [0.1, 0.15) is 17.4 Å². The Morgan fingerprint density at radius 3 is 2.76 bits per heavy atom. The number of hydrogen-bond acceptors (Lipinski definition) is 4. The zero-order chi connectivity index (χ0) is 20.8. The molecule has 0 bridgehead atoms. The van der Waals surface area contributed by atoms with Gasteiger partial charge in [-0.1, -0.05) is 12.1 Å². The van der Waals surface area contributed by atoms with Gasteiger partial charge in [0.2, 0.25) is 0 Å². The molecule has 2 heterocycles. The maximum absolute atomic E-state index is 12.5. The number of aromatic nitrogens is 1. The van der Waals surface area contributed by atoms with Gasteiger partial charge in [0.15, 0.2) is 0 Å². The number of carbonyl (C=O) groups excluding carboxylic acids is 1. The van der Waals surface area contributed by atoms with E-state index in [9.17, 15) is 10.1 Å². The van der Waals surface area contributed by atoms with E-state index in [-0.39, 0.29) is 17.6 Å². The highest BCUT2D eigenvalue weighted by molar-refractivity contribution is 6.01. The minimum absolute atomic E-state index is 0.0934. The van der Waals surface area contributed by atoms with Crippen LogP contribution in [0.5, 0.6) is 5.75 Å². The molecule has 1 aromatic carbocycles. The van der Waals surface area contributed by atoms with E-state index in [1.165, 1.54) is 0 Å². The number of amides is 1. The van der Waals surface area contributed by atoms with Crippen molar-refractivity contribution >= 4 is 12.0 Å². The molecule has 6 nitrogen and oxygen atoms in total. The van der Waals surface area contributed by atoms with Gasteiger partial charge in [0.05, 0.1) is 13.2 Å². The summed E-state index contributed by atoms with van der Waals surface area (Å²) in [6.45, 7) is 6.02. The predicted molar refractivity (Wildman–Crippen MR) is 111 cm³/mol. The third-order valence-corrected chi connectivity index (χ3v) is 5.30. The number of hydrogen-bond donors (Lipinski definition) is 1. The van der Waals surface area contributed by atoms with Gasteiger partial charge in [0, 0.05) is 31.1 Å². The van der Waals surface area contributed by atoms with Gasteiger partial charge < -0.3 is 19.4 Å². The first-order valence-corrected chi connectivity index (χ1v) is 9.83. The van der Waals surface area contributed by atoms with Gasteiger partial charge in [-0.3, -0.25) is 4.79 Å². The van der Waals surface area contributed by atoms with E-state index in [2.05, 4.69) is 9.88 Å². The molecule has 1 amide bonds. The smallest absolute Gasteiger partial charge is 0.262 e. The molecule has 0 spiro atoms. The number of nitrogens with one attached hydrogen (secondary N) is 1. The second kappa shape index (κ2) is 9.44. The van der Waals surface area contributed by atoms with E-state index in [0.717, 1.165) is 54.3 Å². The normalized spacial score (nSPS) is 16.5. The van der Waals surface area contributed by atoms with Crippen LogP contribution >= 0.6 is 0 Å². The van der Waals surface area contributed by atoms with Crippen molar-refractivity contribution in [1.29, 1.82) is 5.26 Å². The number of nitrogens with zero attached hydrogens (tertiary/aromatic N) is 2. The third-order valence-electron chi connectivity index (χ3n) is 5.30. The van der Waals surface area contributed by atoms with E-state index < -0.39 is 0 Å². The largest absolute Gasteiger partial charge is 0.497 e. The summed E-state index contributed by atoms with van der Waals surface area (Å²) in [5, 5.41) is 12.3. The van der Waals surface area contributed by atoms with Crippen LogP contribution in [0.3, 0.4) is 0 Å². The van der Waals surface area contributed by atoms with Crippen LogP contribution in [0.1, 0.15) is 35.4 Å². The number of carbonyl (C=O) groups is 1. The van der Waals surface area contributed by atoms with Gasteiger partial charge in [0.25, 0.3) is 5.91 Å². The van der Waals surface area contributed by atoms with Gasteiger partial charge in [-0.15, -0.1) is 0 Å². The monoisotopic (exact) mass is 393 g/mol. The Bertz CT molecular complexity index is 930. The molecule has 1 N–H and O–H groups in total. The molecule has 0 saturated carbocycles. The fraction of sp³-hybridized carbons (Fsp3) is 0.391. The van der Waals surface area contributed by atoms with Crippen molar-refractivity contribution in [2.45, 2.75) is 45.9 Å². The molecule has 0 aliphatic carbocycles. The lowest BCUT2D eigenvalue weighted by Crippen LogP contribution is -2.24. The first kappa shape index (κ1) is 20.7. The molecule has 1 saturated heterocycles. The van der Waals surface area contributed by atoms with E-state index in [1.807, 2.05) is 50.2 Å². The minimum atomic E-state index is -0.382. The summed E-state index contributed by atoms with van der Waals surface area (Å²) in [5.41, 5.74) is 4.05. The predicted octanol–water partition coefficient (Wildman–Crippen LogP) is 3.52. The van der Waals surface area contributed by atoms with Gasteiger partial charge in [-0.2, -0.15) is 5.26 Å². The fourth-order valence-corrected chi connectivity index (χ4v) is 3.57. The minimum Gasteiger partial charge on any atom is -0.497 e. The van der Waals surface area contributed by atoms with E-state index in [4.69, 9.17) is 9.47 Å². The highest BCUT2D eigenvalue weighted by Crippen LogP contribution is 2.22. The zero-order valence-electron chi connectivity index (χ0n) is 17.2. The van der Waals surface area contributed by atoms with Crippen LogP contribution in [0.4, 0.5) is 0 Å². The summed E-state index contributed by atoms with van der Waals surface area (Å²) in [6.07, 6.45) is 4.07. The number of nitriles is 1. The van der Waals surface area contributed by atoms with Gasteiger partial charge >= 0.3 is 0 Å². The molecular formula is C23H27N3O3. The van der Waals surface area contributed by atoms with Crippen molar-refractivity contribution in [3.63, 3.8) is 0 Å². The number of benzene rings is 1. The summed E-state index contributed by atoms with van der Waals surface area (Å²) in [5.74, 6) is 0.378. The second-order valence-electron chi connectivity index (χ2n) is 7.27. The number of ether oxygens (including phenoxy) is 2. The number of methoxy groups -OCH3 is 1. The quantitative estimate of drug-likeness (QED) is 0.577.